The summed E-state index contributed by atoms with van der Waals surface area (Å²) in [5, 5.41) is 12.6. The molecule has 0 amide bonds. The summed E-state index contributed by atoms with van der Waals surface area (Å²) in [5.74, 6) is -0.250. The molecule has 0 unspecified atom stereocenters. The van der Waals surface area contributed by atoms with Gasteiger partial charge < -0.3 is 14.8 Å². The second-order valence-electron chi connectivity index (χ2n) is 5.68. The van der Waals surface area contributed by atoms with Gasteiger partial charge in [0.05, 0.1) is 0 Å². The molecule has 5 nitrogen and oxygen atoms in total. The van der Waals surface area contributed by atoms with Crippen LogP contribution in [-0.4, -0.2) is 21.6 Å². The largest absolute Gasteiger partial charge is 0.480 e. The van der Waals surface area contributed by atoms with Crippen molar-refractivity contribution in [1.82, 2.24) is 4.98 Å². The van der Waals surface area contributed by atoms with E-state index >= 15 is 0 Å². The van der Waals surface area contributed by atoms with Crippen LogP contribution >= 0.6 is 0 Å². The number of hydrogen-bond acceptors (Lipinski definition) is 4. The van der Waals surface area contributed by atoms with E-state index in [2.05, 4.69) is 17.2 Å². The molecule has 0 aliphatic heterocycles. The Bertz CT molecular complexity index is 594. The molecule has 0 radical (unpaired) electrons. The normalized spacial score (nSPS) is 26.6. The van der Waals surface area contributed by atoms with Gasteiger partial charge in [-0.2, -0.15) is 4.98 Å². The lowest BCUT2D eigenvalue weighted by molar-refractivity contribution is -0.143. The molecule has 0 saturated heterocycles. The molecule has 1 aromatic carbocycles. The zero-order valence-electron chi connectivity index (χ0n) is 11.4. The van der Waals surface area contributed by atoms with Gasteiger partial charge >= 0.3 is 5.97 Å². The molecule has 2 aromatic rings. The minimum absolute atomic E-state index is 0.295. The van der Waals surface area contributed by atoms with Crippen molar-refractivity contribution in [3.8, 4) is 0 Å². The molecule has 20 heavy (non-hydrogen) atoms. The summed E-state index contributed by atoms with van der Waals surface area (Å²) in [6.07, 6.45) is 3.00. The summed E-state index contributed by atoms with van der Waals surface area (Å²) in [6.45, 7) is 2.16. The smallest absolute Gasteiger partial charge is 0.329 e. The van der Waals surface area contributed by atoms with E-state index in [0.717, 1.165) is 18.4 Å². The average Bonchev–Trinajstić information content (AvgIpc) is 2.83. The molecule has 1 saturated carbocycles. The molecule has 3 rings (SSSR count). The van der Waals surface area contributed by atoms with Gasteiger partial charge in [-0.3, -0.25) is 0 Å². The molecule has 1 aliphatic carbocycles. The van der Waals surface area contributed by atoms with Crippen LogP contribution in [0.5, 0.6) is 0 Å². The van der Waals surface area contributed by atoms with E-state index in [0.29, 0.717) is 30.4 Å². The van der Waals surface area contributed by atoms with Crippen molar-refractivity contribution in [1.29, 1.82) is 0 Å². The summed E-state index contributed by atoms with van der Waals surface area (Å²) < 4.78 is 5.59. The topological polar surface area (TPSA) is 75.4 Å². The highest BCUT2D eigenvalue weighted by Gasteiger charge is 2.42. The van der Waals surface area contributed by atoms with E-state index in [9.17, 15) is 9.90 Å². The van der Waals surface area contributed by atoms with Crippen molar-refractivity contribution in [2.75, 3.05) is 5.32 Å². The molecule has 2 N–H and O–H groups in total. The number of aromatic nitrogens is 1. The number of fused-ring (bicyclic) bond motifs is 1. The Balaban J connectivity index is 1.88. The van der Waals surface area contributed by atoms with Crippen LogP contribution in [0, 0.1) is 5.92 Å². The summed E-state index contributed by atoms with van der Waals surface area (Å²) >= 11 is 0. The Hall–Kier alpha value is -2.04. The van der Waals surface area contributed by atoms with Crippen molar-refractivity contribution in [2.45, 2.75) is 38.1 Å². The molecule has 5 heteroatoms. The first-order valence-corrected chi connectivity index (χ1v) is 6.96. The van der Waals surface area contributed by atoms with Gasteiger partial charge in [0, 0.05) is 0 Å². The Kier molecular flexibility index (Phi) is 3.12. The summed E-state index contributed by atoms with van der Waals surface area (Å²) in [5.41, 5.74) is 0.451. The third-order valence-corrected chi connectivity index (χ3v) is 4.18. The third-order valence-electron chi connectivity index (χ3n) is 4.18. The highest BCUT2D eigenvalue weighted by atomic mass is 16.4. The Labute approximate surface area is 117 Å². The van der Waals surface area contributed by atoms with E-state index in [1.807, 2.05) is 24.3 Å². The van der Waals surface area contributed by atoms with Gasteiger partial charge in [-0.1, -0.05) is 19.1 Å². The van der Waals surface area contributed by atoms with Crippen molar-refractivity contribution in [2.24, 2.45) is 5.92 Å². The number of nitrogens with zero attached hydrogens (tertiary/aromatic N) is 1. The fourth-order valence-corrected chi connectivity index (χ4v) is 2.78. The van der Waals surface area contributed by atoms with Crippen molar-refractivity contribution < 1.29 is 14.3 Å². The SMILES string of the molecule is CC1CCC(Nc2nc3ccccc3o2)(C(=O)O)CC1. The standard InChI is InChI=1S/C15H18N2O3/c1-10-6-8-15(9-7-10,13(18)19)17-14-16-11-4-2-3-5-12(11)20-14/h2-5,10H,6-9H2,1H3,(H,16,17)(H,18,19). The van der Waals surface area contributed by atoms with Crippen LogP contribution in [0.1, 0.15) is 32.6 Å². The molecule has 0 atom stereocenters. The van der Waals surface area contributed by atoms with Crippen LogP contribution in [0.4, 0.5) is 6.01 Å². The molecular formula is C15H18N2O3. The summed E-state index contributed by atoms with van der Waals surface area (Å²) in [6, 6.07) is 7.71. The minimum Gasteiger partial charge on any atom is -0.480 e. The van der Waals surface area contributed by atoms with Gasteiger partial charge in [0.15, 0.2) is 5.58 Å². The number of benzene rings is 1. The second kappa shape index (κ2) is 4.81. The van der Waals surface area contributed by atoms with Gasteiger partial charge in [-0.15, -0.1) is 0 Å². The van der Waals surface area contributed by atoms with Gasteiger partial charge in [0.2, 0.25) is 0 Å². The van der Waals surface area contributed by atoms with Crippen LogP contribution in [0.15, 0.2) is 28.7 Å². The zero-order chi connectivity index (χ0) is 14.2. The van der Waals surface area contributed by atoms with Crippen LogP contribution in [0.3, 0.4) is 0 Å². The first-order valence-electron chi connectivity index (χ1n) is 6.96. The molecule has 1 fully saturated rings. The number of para-hydroxylation sites is 2. The number of rotatable bonds is 3. The fraction of sp³-hybridized carbons (Fsp3) is 0.467. The summed E-state index contributed by atoms with van der Waals surface area (Å²) in [7, 11) is 0. The maximum atomic E-state index is 11.7. The Morgan fingerprint density at radius 3 is 2.75 bits per heavy atom. The highest BCUT2D eigenvalue weighted by Crippen LogP contribution is 2.35. The molecule has 1 aromatic heterocycles. The van der Waals surface area contributed by atoms with Crippen molar-refractivity contribution >= 4 is 23.1 Å². The number of anilines is 1. The fourth-order valence-electron chi connectivity index (χ4n) is 2.78. The summed E-state index contributed by atoms with van der Waals surface area (Å²) in [4.78, 5) is 16.0. The van der Waals surface area contributed by atoms with E-state index in [1.54, 1.807) is 0 Å². The Morgan fingerprint density at radius 2 is 2.10 bits per heavy atom. The predicted molar refractivity (Wildman–Crippen MR) is 75.6 cm³/mol. The van der Waals surface area contributed by atoms with E-state index in [4.69, 9.17) is 4.42 Å². The second-order valence-corrected chi connectivity index (χ2v) is 5.68. The zero-order valence-corrected chi connectivity index (χ0v) is 11.4. The van der Waals surface area contributed by atoms with E-state index in [1.165, 1.54) is 0 Å². The number of nitrogens with one attached hydrogen (secondary N) is 1. The van der Waals surface area contributed by atoms with Crippen LogP contribution < -0.4 is 5.32 Å². The lowest BCUT2D eigenvalue weighted by Gasteiger charge is -2.35. The van der Waals surface area contributed by atoms with E-state index in [-0.39, 0.29) is 0 Å². The van der Waals surface area contributed by atoms with Crippen LogP contribution in [-0.2, 0) is 4.79 Å². The number of carboxylic acid groups (broad SMARTS) is 1. The molecule has 1 aliphatic rings. The molecular weight excluding hydrogens is 256 g/mol. The van der Waals surface area contributed by atoms with E-state index < -0.39 is 11.5 Å². The number of carbonyl (C=O) groups is 1. The first kappa shape index (κ1) is 13.0. The number of carboxylic acids is 1. The van der Waals surface area contributed by atoms with Gasteiger partial charge in [-0.05, 0) is 43.7 Å². The average molecular weight is 274 g/mol. The Morgan fingerprint density at radius 1 is 1.40 bits per heavy atom. The first-order chi connectivity index (χ1) is 9.59. The minimum atomic E-state index is -0.951. The number of hydrogen-bond donors (Lipinski definition) is 2. The number of oxazole rings is 1. The lowest BCUT2D eigenvalue weighted by Crippen LogP contribution is -2.49. The van der Waals surface area contributed by atoms with Crippen LogP contribution in [0.25, 0.3) is 11.1 Å². The quantitative estimate of drug-likeness (QED) is 0.898. The van der Waals surface area contributed by atoms with Gasteiger partial charge in [0.25, 0.3) is 6.01 Å². The van der Waals surface area contributed by atoms with Gasteiger partial charge in [0.1, 0.15) is 11.1 Å². The highest BCUT2D eigenvalue weighted by molar-refractivity contribution is 5.83. The maximum absolute atomic E-state index is 11.7. The third kappa shape index (κ3) is 2.24. The van der Waals surface area contributed by atoms with Crippen LogP contribution in [0.2, 0.25) is 0 Å². The molecule has 0 spiro atoms. The monoisotopic (exact) mass is 274 g/mol. The van der Waals surface area contributed by atoms with Gasteiger partial charge in [-0.25, -0.2) is 4.79 Å². The molecule has 1 heterocycles. The van der Waals surface area contributed by atoms with Crippen molar-refractivity contribution in [3.63, 3.8) is 0 Å². The molecule has 106 valence electrons. The number of aliphatic carboxylic acids is 1. The lowest BCUT2D eigenvalue weighted by atomic mass is 9.77. The molecule has 0 bridgehead atoms. The van der Waals surface area contributed by atoms with Crippen molar-refractivity contribution in [3.05, 3.63) is 24.3 Å². The maximum Gasteiger partial charge on any atom is 0.329 e. The predicted octanol–water partition coefficient (Wildman–Crippen LogP) is 3.27.